The summed E-state index contributed by atoms with van der Waals surface area (Å²) in [4.78, 5) is 25.2. The van der Waals surface area contributed by atoms with E-state index in [9.17, 15) is 14.7 Å². The molecular formula is C19H20NO4S2-. The molecule has 0 aliphatic carbocycles. The second-order valence-corrected chi connectivity index (χ2v) is 8.19. The van der Waals surface area contributed by atoms with E-state index in [1.807, 2.05) is 25.1 Å². The largest absolute Gasteiger partial charge is 0.550 e. The molecule has 0 spiro atoms. The summed E-state index contributed by atoms with van der Waals surface area (Å²) >= 11 is 6.64. The van der Waals surface area contributed by atoms with Crippen molar-refractivity contribution in [1.29, 1.82) is 0 Å². The lowest BCUT2D eigenvalue weighted by Gasteiger charge is -2.14. The van der Waals surface area contributed by atoms with Crippen LogP contribution in [0.3, 0.4) is 0 Å². The number of nitrogens with zero attached hydrogens (tertiary/aromatic N) is 1. The minimum absolute atomic E-state index is 0.0545. The molecular weight excluding hydrogens is 370 g/mol. The van der Waals surface area contributed by atoms with Gasteiger partial charge in [-0.05, 0) is 55.5 Å². The zero-order chi connectivity index (χ0) is 18.7. The van der Waals surface area contributed by atoms with Gasteiger partial charge in [-0.1, -0.05) is 36.5 Å². The first-order chi connectivity index (χ1) is 12.4. The monoisotopic (exact) mass is 390 g/mol. The summed E-state index contributed by atoms with van der Waals surface area (Å²) in [7, 11) is 0. The highest BCUT2D eigenvalue weighted by Gasteiger charge is 2.31. The molecule has 2 heterocycles. The Labute approximate surface area is 162 Å². The standard InChI is InChI=1S/C19H21NO4S2/c1-12-9-14-10-13(6-7-15(14)24-12)11-16-18(23)20(19(25)26-16)8-4-2-3-5-17(21)22/h6-7,10-12H,2-5,8-9H2,1H3,(H,21,22)/p-1/b16-11+/t12-/m0/s1. The second-order valence-electron chi connectivity index (χ2n) is 6.52. The van der Waals surface area contributed by atoms with Crippen LogP contribution in [0.2, 0.25) is 0 Å². The highest BCUT2D eigenvalue weighted by molar-refractivity contribution is 8.26. The zero-order valence-electron chi connectivity index (χ0n) is 14.5. The molecule has 5 nitrogen and oxygen atoms in total. The van der Waals surface area contributed by atoms with Gasteiger partial charge < -0.3 is 14.6 Å². The Kier molecular flexibility index (Phi) is 5.98. The molecule has 0 radical (unpaired) electrons. The van der Waals surface area contributed by atoms with Crippen molar-refractivity contribution >= 4 is 46.3 Å². The molecule has 26 heavy (non-hydrogen) atoms. The second kappa shape index (κ2) is 8.22. The van der Waals surface area contributed by atoms with Crippen LogP contribution >= 0.6 is 24.0 Å². The molecule has 2 aliphatic heterocycles. The minimum atomic E-state index is -1.03. The van der Waals surface area contributed by atoms with Crippen molar-refractivity contribution in [3.05, 3.63) is 34.2 Å². The first-order valence-corrected chi connectivity index (χ1v) is 9.91. The number of carboxylic acid groups (broad SMARTS) is 1. The molecule has 7 heteroatoms. The van der Waals surface area contributed by atoms with Gasteiger partial charge in [0.05, 0.1) is 4.91 Å². The lowest BCUT2D eigenvalue weighted by Crippen LogP contribution is -2.29. The highest BCUT2D eigenvalue weighted by Crippen LogP contribution is 2.35. The van der Waals surface area contributed by atoms with E-state index in [2.05, 4.69) is 6.07 Å². The van der Waals surface area contributed by atoms with Crippen LogP contribution in [0.1, 0.15) is 43.7 Å². The molecule has 1 aromatic carbocycles. The van der Waals surface area contributed by atoms with Gasteiger partial charge in [-0.15, -0.1) is 0 Å². The summed E-state index contributed by atoms with van der Waals surface area (Å²) in [5.41, 5.74) is 2.13. The van der Waals surface area contributed by atoms with E-state index in [0.29, 0.717) is 22.2 Å². The highest BCUT2D eigenvalue weighted by atomic mass is 32.2. The lowest BCUT2D eigenvalue weighted by molar-refractivity contribution is -0.305. The van der Waals surface area contributed by atoms with Crippen molar-refractivity contribution in [2.75, 3.05) is 6.54 Å². The summed E-state index contributed by atoms with van der Waals surface area (Å²) < 4.78 is 6.26. The number of thiocarbonyl (C=S) groups is 1. The maximum atomic E-state index is 12.6. The van der Waals surface area contributed by atoms with Crippen LogP contribution in [0.4, 0.5) is 0 Å². The summed E-state index contributed by atoms with van der Waals surface area (Å²) in [6.07, 6.45) is 5.01. The average Bonchev–Trinajstić information content (AvgIpc) is 3.07. The third kappa shape index (κ3) is 4.45. The van der Waals surface area contributed by atoms with Gasteiger partial charge in [-0.2, -0.15) is 0 Å². The van der Waals surface area contributed by atoms with Gasteiger partial charge in [0.15, 0.2) is 0 Å². The molecule has 0 unspecified atom stereocenters. The number of fused-ring (bicyclic) bond motifs is 1. The Bertz CT molecular complexity index is 775. The summed E-state index contributed by atoms with van der Waals surface area (Å²) in [6.45, 7) is 2.56. The van der Waals surface area contributed by atoms with Gasteiger partial charge in [0, 0.05) is 18.9 Å². The fraction of sp³-hybridized carbons (Fsp3) is 0.421. The maximum absolute atomic E-state index is 12.6. The number of amides is 1. The van der Waals surface area contributed by atoms with E-state index in [1.54, 1.807) is 4.90 Å². The molecule has 138 valence electrons. The summed E-state index contributed by atoms with van der Waals surface area (Å²) in [5, 5.41) is 10.4. The fourth-order valence-corrected chi connectivity index (χ4v) is 4.40. The Morgan fingerprint density at radius 1 is 1.42 bits per heavy atom. The Balaban J connectivity index is 1.60. The number of ether oxygens (including phenoxy) is 1. The smallest absolute Gasteiger partial charge is 0.266 e. The SMILES string of the molecule is C[C@H]1Cc2cc(/C=C3/SC(=S)N(CCCCCC(=O)[O-])C3=O)ccc2O1. The molecule has 1 aromatic rings. The van der Waals surface area contributed by atoms with Crippen molar-refractivity contribution in [3.8, 4) is 5.75 Å². The van der Waals surface area contributed by atoms with Crippen molar-refractivity contribution in [2.24, 2.45) is 0 Å². The van der Waals surface area contributed by atoms with E-state index in [1.165, 1.54) is 11.8 Å². The van der Waals surface area contributed by atoms with Crippen molar-refractivity contribution in [3.63, 3.8) is 0 Å². The predicted octanol–water partition coefficient (Wildman–Crippen LogP) is 2.52. The zero-order valence-corrected chi connectivity index (χ0v) is 16.2. The average molecular weight is 391 g/mol. The Morgan fingerprint density at radius 2 is 2.23 bits per heavy atom. The Morgan fingerprint density at radius 3 is 3.00 bits per heavy atom. The van der Waals surface area contributed by atoms with E-state index in [-0.39, 0.29) is 18.4 Å². The number of hydrogen-bond donors (Lipinski definition) is 0. The van der Waals surface area contributed by atoms with E-state index in [0.717, 1.165) is 36.1 Å². The summed E-state index contributed by atoms with van der Waals surface area (Å²) in [5.74, 6) is -0.198. The summed E-state index contributed by atoms with van der Waals surface area (Å²) in [6, 6.07) is 5.96. The topological polar surface area (TPSA) is 69.7 Å². The van der Waals surface area contributed by atoms with Crippen LogP contribution in [-0.4, -0.2) is 33.7 Å². The number of unbranched alkanes of at least 4 members (excludes halogenated alkanes) is 2. The van der Waals surface area contributed by atoms with Gasteiger partial charge in [0.25, 0.3) is 5.91 Å². The van der Waals surface area contributed by atoms with Crippen LogP contribution in [-0.2, 0) is 16.0 Å². The van der Waals surface area contributed by atoms with Gasteiger partial charge >= 0.3 is 0 Å². The number of carbonyl (C=O) groups is 2. The third-order valence-corrected chi connectivity index (χ3v) is 5.73. The number of carbonyl (C=O) groups excluding carboxylic acids is 2. The molecule has 1 saturated heterocycles. The number of carboxylic acids is 1. The van der Waals surface area contributed by atoms with Gasteiger partial charge in [0.1, 0.15) is 16.2 Å². The number of benzene rings is 1. The fourth-order valence-electron chi connectivity index (χ4n) is 3.09. The molecule has 3 rings (SSSR count). The quantitative estimate of drug-likeness (QED) is 0.405. The molecule has 0 N–H and O–H groups in total. The van der Waals surface area contributed by atoms with Crippen molar-refractivity contribution in [2.45, 2.75) is 45.1 Å². The molecule has 1 fully saturated rings. The third-order valence-electron chi connectivity index (χ3n) is 4.35. The molecule has 0 aromatic heterocycles. The van der Waals surface area contributed by atoms with E-state index < -0.39 is 5.97 Å². The van der Waals surface area contributed by atoms with Crippen LogP contribution in [0.5, 0.6) is 5.75 Å². The first kappa shape index (κ1) is 18.9. The maximum Gasteiger partial charge on any atom is 0.266 e. The molecule has 0 bridgehead atoms. The molecule has 1 atom stereocenters. The van der Waals surface area contributed by atoms with E-state index in [4.69, 9.17) is 17.0 Å². The van der Waals surface area contributed by atoms with Crippen molar-refractivity contribution < 1.29 is 19.4 Å². The molecule has 1 amide bonds. The lowest BCUT2D eigenvalue weighted by atomic mass is 10.1. The number of aliphatic carboxylic acids is 1. The predicted molar refractivity (Wildman–Crippen MR) is 104 cm³/mol. The normalized spacial score (nSPS) is 20.6. The number of rotatable bonds is 7. The minimum Gasteiger partial charge on any atom is -0.550 e. The van der Waals surface area contributed by atoms with E-state index >= 15 is 0 Å². The Hall–Kier alpha value is -1.86. The van der Waals surface area contributed by atoms with Crippen LogP contribution < -0.4 is 9.84 Å². The number of thioether (sulfide) groups is 1. The van der Waals surface area contributed by atoms with Crippen molar-refractivity contribution in [1.82, 2.24) is 4.90 Å². The van der Waals surface area contributed by atoms with Gasteiger partial charge in [0.2, 0.25) is 0 Å². The van der Waals surface area contributed by atoms with Gasteiger partial charge in [-0.25, -0.2) is 0 Å². The van der Waals surface area contributed by atoms with Crippen LogP contribution in [0, 0.1) is 0 Å². The number of hydrogen-bond acceptors (Lipinski definition) is 6. The first-order valence-electron chi connectivity index (χ1n) is 8.69. The molecule has 2 aliphatic rings. The molecule has 0 saturated carbocycles. The van der Waals surface area contributed by atoms with Crippen LogP contribution in [0.15, 0.2) is 23.1 Å². The van der Waals surface area contributed by atoms with Gasteiger partial charge in [-0.3, -0.25) is 9.69 Å². The van der Waals surface area contributed by atoms with Crippen LogP contribution in [0.25, 0.3) is 6.08 Å².